The largest absolute Gasteiger partial charge is 0.0629 e. The zero-order valence-corrected chi connectivity index (χ0v) is 57.0. The molecule has 0 heteroatoms. The quantitative estimate of drug-likeness (QED) is 0.142. The minimum Gasteiger partial charge on any atom is -0.0622 e. The summed E-state index contributed by atoms with van der Waals surface area (Å²) in [6, 6.07) is 44.4. The van der Waals surface area contributed by atoms with Gasteiger partial charge in [-0.15, -0.1) is 0 Å². The first-order chi connectivity index (χ1) is 47.1. The molecule has 0 aliphatic heterocycles. The molecule has 0 spiro atoms. The van der Waals surface area contributed by atoms with Crippen LogP contribution in [-0.4, -0.2) is 0 Å². The van der Waals surface area contributed by atoms with Crippen molar-refractivity contribution in [2.24, 2.45) is 0 Å². The SMILES string of the molecule is CC(C)(C)c1c(C2CCCCC2)cccc1C1CCCCC1.CC(C)(C)c1cc(-c2ccccc2)cc(-c2ccccc2)c1.[2H]C1(c2cccc(C3([2H])CCCCC3)c2C(C)(C)C)CCCCC1.[2H]c1c([2H])c([2H])c(-c2cccc(-c3c([2H])c([2H])c(C)c([2H])c3[2H])c2C(C)(C)C)c([2H])c1[2H]. The molecule has 8 aromatic carbocycles. The molecule has 89 heavy (non-hydrogen) atoms. The second-order valence-electron chi connectivity index (χ2n) is 30.3. The fraction of sp³-hybridized carbons (Fsp3) is 0.461. The van der Waals surface area contributed by atoms with Gasteiger partial charge in [0.25, 0.3) is 0 Å². The first kappa shape index (κ1) is 53.4. The molecule has 12 rings (SSSR count). The highest BCUT2D eigenvalue weighted by atomic mass is 14.4. The summed E-state index contributed by atoms with van der Waals surface area (Å²) in [4.78, 5) is 0. The third kappa shape index (κ3) is 18.0. The summed E-state index contributed by atoms with van der Waals surface area (Å²) in [6.45, 7) is 28.2. The summed E-state index contributed by atoms with van der Waals surface area (Å²) < 4.78 is 92.8. The summed E-state index contributed by atoms with van der Waals surface area (Å²) in [6.07, 6.45) is 25.4. The molecule has 0 atom stereocenters. The monoisotopic (exact) mass is 1190 g/mol. The van der Waals surface area contributed by atoms with Crippen LogP contribution in [0.2, 0.25) is 0 Å². The molecule has 0 N–H and O–H groups in total. The first-order valence-electron chi connectivity index (χ1n) is 39.9. The zero-order chi connectivity index (χ0) is 72.9. The Morgan fingerprint density at radius 2 is 0.652 bits per heavy atom. The molecule has 0 heterocycles. The van der Waals surface area contributed by atoms with Gasteiger partial charge in [0, 0.05) is 2.74 Å². The smallest absolute Gasteiger partial charge is 0.0622 e. The van der Waals surface area contributed by atoms with Crippen LogP contribution < -0.4 is 0 Å². The van der Waals surface area contributed by atoms with E-state index in [0.717, 1.165) is 37.5 Å². The van der Waals surface area contributed by atoms with Crippen LogP contribution in [-0.2, 0) is 21.7 Å². The van der Waals surface area contributed by atoms with Crippen LogP contribution >= 0.6 is 0 Å². The van der Waals surface area contributed by atoms with Crippen LogP contribution in [0, 0.1) is 6.92 Å². The number of hydrogen-bond donors (Lipinski definition) is 0. The van der Waals surface area contributed by atoms with Crippen molar-refractivity contribution in [1.82, 2.24) is 0 Å². The maximum Gasteiger partial charge on any atom is 0.0629 e. The van der Waals surface area contributed by atoms with Crippen LogP contribution in [0.4, 0.5) is 0 Å². The van der Waals surface area contributed by atoms with Crippen molar-refractivity contribution >= 4 is 0 Å². The Hall–Kier alpha value is -6.24. The standard InChI is InChI=1S/C23H24.2C22H34.C22H22/c1-17-13-15-19(16-14-17)21-12-8-11-20(22(21)23(2,3)4)18-9-6-5-7-10-18;2*1-22(2,3)21-19(17-11-6-4-7-12-17)15-10-16-20(21)18-13-8-5-9-14-18;1-22(2,3)21-15-19(17-10-6-4-7-11-17)14-20(16-21)18-12-8-5-9-13-18/h5-16H,1-4H3;2*10,15-18H,4-9,11-14H2,1-3H3;4-16H,1-3H3/i5D,6D,7D,9D,10D,13D,14D,15D,16D;17D,18D;;. The van der Waals surface area contributed by atoms with Crippen molar-refractivity contribution < 1.29 is 15.1 Å². The second kappa shape index (κ2) is 30.7. The van der Waals surface area contributed by atoms with E-state index in [0.29, 0.717) is 16.7 Å². The lowest BCUT2D eigenvalue weighted by Gasteiger charge is -2.35. The minimum absolute atomic E-state index is 0.0110. The van der Waals surface area contributed by atoms with E-state index < -0.39 is 35.3 Å². The van der Waals surface area contributed by atoms with E-state index in [1.165, 1.54) is 154 Å². The number of hydrogen-bond acceptors (Lipinski definition) is 0. The Kier molecular flexibility index (Phi) is 18.4. The minimum atomic E-state index is -0.608. The average molecular weight is 1190 g/mol. The normalized spacial score (nSPS) is 19.1. The molecule has 4 fully saturated rings. The molecule has 0 nitrogen and oxygen atoms in total. The van der Waals surface area contributed by atoms with E-state index in [1.807, 2.05) is 20.8 Å². The second-order valence-corrected chi connectivity index (χ2v) is 30.3. The summed E-state index contributed by atoms with van der Waals surface area (Å²) >= 11 is 0. The van der Waals surface area contributed by atoms with Crippen molar-refractivity contribution in [3.05, 3.63) is 238 Å². The predicted molar refractivity (Wildman–Crippen MR) is 390 cm³/mol. The molecular weight excluding hydrogens is 1070 g/mol. The Bertz CT molecular complexity index is 3810. The topological polar surface area (TPSA) is 0 Å². The molecule has 4 aliphatic rings. The van der Waals surface area contributed by atoms with Gasteiger partial charge < -0.3 is 0 Å². The van der Waals surface area contributed by atoms with Crippen molar-refractivity contribution in [3.8, 4) is 44.5 Å². The first-order valence-corrected chi connectivity index (χ1v) is 34.4. The van der Waals surface area contributed by atoms with Crippen LogP contribution in [0.5, 0.6) is 0 Å². The Labute approximate surface area is 558 Å². The fourth-order valence-electron chi connectivity index (χ4n) is 14.7. The van der Waals surface area contributed by atoms with Gasteiger partial charge >= 0.3 is 0 Å². The third-order valence-electron chi connectivity index (χ3n) is 19.1. The van der Waals surface area contributed by atoms with E-state index in [-0.39, 0.29) is 69.2 Å². The lowest BCUT2D eigenvalue weighted by atomic mass is 9.70. The number of rotatable bonds is 8. The van der Waals surface area contributed by atoms with Crippen LogP contribution in [0.1, 0.15) is 300 Å². The van der Waals surface area contributed by atoms with Gasteiger partial charge in [-0.3, -0.25) is 0 Å². The summed E-state index contributed by atoms with van der Waals surface area (Å²) in [5.41, 5.74) is 17.0. The highest BCUT2D eigenvalue weighted by Gasteiger charge is 2.32. The van der Waals surface area contributed by atoms with Gasteiger partial charge in [0.15, 0.2) is 0 Å². The van der Waals surface area contributed by atoms with E-state index in [1.54, 1.807) is 34.9 Å². The van der Waals surface area contributed by atoms with Gasteiger partial charge in [0.1, 0.15) is 0 Å². The Balaban J connectivity index is 0.000000157. The maximum absolute atomic E-state index is 9.20. The van der Waals surface area contributed by atoms with Gasteiger partial charge in [0.05, 0.1) is 12.3 Å². The highest BCUT2D eigenvalue weighted by Crippen LogP contribution is 2.47. The molecule has 4 aliphatic carbocycles. The number of benzene rings is 8. The molecule has 0 radical (unpaired) electrons. The molecule has 0 unspecified atom stereocenters. The molecule has 0 saturated heterocycles. The molecule has 0 amide bonds. The summed E-state index contributed by atoms with van der Waals surface area (Å²) in [7, 11) is 0. The van der Waals surface area contributed by atoms with E-state index in [4.69, 9.17) is 12.3 Å². The average Bonchev–Trinajstić information content (AvgIpc) is 0.746. The Morgan fingerprint density at radius 1 is 0.303 bits per heavy atom. The van der Waals surface area contributed by atoms with Crippen molar-refractivity contribution in [2.75, 3.05) is 0 Å². The maximum atomic E-state index is 9.20. The summed E-state index contributed by atoms with van der Waals surface area (Å²) in [5.74, 6) is 0.766. The van der Waals surface area contributed by atoms with Crippen molar-refractivity contribution in [2.45, 2.75) is 264 Å². The van der Waals surface area contributed by atoms with Crippen molar-refractivity contribution in [1.29, 1.82) is 0 Å². The Morgan fingerprint density at radius 3 is 1.03 bits per heavy atom. The van der Waals surface area contributed by atoms with E-state index in [9.17, 15) is 2.74 Å². The molecule has 0 aromatic heterocycles. The van der Waals surface area contributed by atoms with Gasteiger partial charge in [0.2, 0.25) is 0 Å². The van der Waals surface area contributed by atoms with Gasteiger partial charge in [-0.2, -0.15) is 0 Å². The molecular formula is C89H114. The van der Waals surface area contributed by atoms with E-state index >= 15 is 0 Å². The van der Waals surface area contributed by atoms with Gasteiger partial charge in [-0.1, -0.05) is 347 Å². The van der Waals surface area contributed by atoms with Gasteiger partial charge in [-0.05, 0) is 199 Å². The lowest BCUT2D eigenvalue weighted by molar-refractivity contribution is 0.420. The molecule has 8 aromatic rings. The van der Waals surface area contributed by atoms with Crippen molar-refractivity contribution in [3.63, 3.8) is 0 Å². The fourth-order valence-corrected chi connectivity index (χ4v) is 14.7. The molecule has 470 valence electrons. The third-order valence-corrected chi connectivity index (χ3v) is 19.1. The lowest BCUT2D eigenvalue weighted by Crippen LogP contribution is -2.22. The van der Waals surface area contributed by atoms with Crippen LogP contribution in [0.3, 0.4) is 0 Å². The van der Waals surface area contributed by atoms with Gasteiger partial charge in [-0.25, -0.2) is 0 Å². The predicted octanol–water partition coefficient (Wildman–Crippen LogP) is 27.1. The van der Waals surface area contributed by atoms with Crippen LogP contribution in [0.25, 0.3) is 44.5 Å². The van der Waals surface area contributed by atoms with E-state index in [2.05, 4.69) is 178 Å². The van der Waals surface area contributed by atoms with Crippen LogP contribution in [0.15, 0.2) is 188 Å². The zero-order valence-electron chi connectivity index (χ0n) is 68.0. The molecule has 4 saturated carbocycles. The molecule has 0 bridgehead atoms. The summed E-state index contributed by atoms with van der Waals surface area (Å²) in [5, 5.41) is 0. The highest BCUT2D eigenvalue weighted by molar-refractivity contribution is 5.80.